The summed E-state index contributed by atoms with van der Waals surface area (Å²) in [6.45, 7) is 8.29. The molecule has 0 aliphatic heterocycles. The normalized spacial score (nSPS) is 10.5. The Balaban J connectivity index is 2.68. The van der Waals surface area contributed by atoms with Crippen LogP contribution in [0.3, 0.4) is 0 Å². The lowest BCUT2D eigenvalue weighted by Gasteiger charge is -2.08. The minimum absolute atomic E-state index is 0.775. The highest BCUT2D eigenvalue weighted by Gasteiger charge is 2.01. The first-order chi connectivity index (χ1) is 6.74. The van der Waals surface area contributed by atoms with E-state index in [-0.39, 0.29) is 0 Å². The van der Waals surface area contributed by atoms with E-state index in [1.165, 1.54) is 23.3 Å². The van der Waals surface area contributed by atoms with Gasteiger partial charge >= 0.3 is 0 Å². The summed E-state index contributed by atoms with van der Waals surface area (Å²) in [7, 11) is 0. The van der Waals surface area contributed by atoms with Gasteiger partial charge in [-0.1, -0.05) is 50.4 Å². The molecule has 1 aromatic rings. The van der Waals surface area contributed by atoms with Crippen molar-refractivity contribution in [2.75, 3.05) is 0 Å². The van der Waals surface area contributed by atoms with Crippen molar-refractivity contribution in [1.29, 1.82) is 0 Å². The summed E-state index contributed by atoms with van der Waals surface area (Å²) in [6, 6.07) is 8.59. The van der Waals surface area contributed by atoms with Gasteiger partial charge in [0.2, 0.25) is 0 Å². The fraction of sp³-hybridized carbons (Fsp3) is 0.385. The molecule has 0 fully saturated rings. The number of hydrogen-bond donors (Lipinski definition) is 0. The van der Waals surface area contributed by atoms with Gasteiger partial charge in [-0.3, -0.25) is 0 Å². The molecule has 0 unspecified atom stereocenters. The van der Waals surface area contributed by atoms with Gasteiger partial charge in [0.1, 0.15) is 0 Å². The number of benzene rings is 1. The third-order valence-corrected chi connectivity index (χ3v) is 2.99. The molecule has 0 nitrogen and oxygen atoms in total. The maximum absolute atomic E-state index is 3.76. The van der Waals surface area contributed by atoms with Gasteiger partial charge in [0, 0.05) is 4.90 Å². The van der Waals surface area contributed by atoms with Gasteiger partial charge in [0.25, 0.3) is 0 Å². The Hall–Kier alpha value is -0.690. The van der Waals surface area contributed by atoms with E-state index < -0.39 is 0 Å². The highest BCUT2D eigenvalue weighted by atomic mass is 32.2. The number of rotatable bonds is 5. The first-order valence-electron chi connectivity index (χ1n) is 5.09. The highest BCUT2D eigenvalue weighted by Crippen LogP contribution is 2.24. The van der Waals surface area contributed by atoms with Crippen LogP contribution in [-0.4, -0.2) is 0 Å². The van der Waals surface area contributed by atoms with Crippen LogP contribution < -0.4 is 0 Å². The molecule has 0 N–H and O–H groups in total. The van der Waals surface area contributed by atoms with Gasteiger partial charge in [-0.05, 0) is 35.8 Å². The number of aryl methyl sites for hydroxylation is 1. The Kier molecular flexibility index (Phi) is 4.81. The van der Waals surface area contributed by atoms with Crippen molar-refractivity contribution < 1.29 is 0 Å². The van der Waals surface area contributed by atoms with Crippen LogP contribution in [0.1, 0.15) is 25.8 Å². The van der Waals surface area contributed by atoms with Crippen molar-refractivity contribution in [3.05, 3.63) is 41.8 Å². The quantitative estimate of drug-likeness (QED) is 0.639. The standard InChI is InChI=1S/C13H18S/c1-4-14-13-8-6-5-7-12(13)10-9-11(2)3/h4-8,11H,1,9-10H2,2-3H3. The van der Waals surface area contributed by atoms with Crippen LogP contribution in [0.2, 0.25) is 0 Å². The van der Waals surface area contributed by atoms with E-state index in [2.05, 4.69) is 44.7 Å². The molecule has 0 saturated carbocycles. The van der Waals surface area contributed by atoms with E-state index in [1.54, 1.807) is 11.8 Å². The van der Waals surface area contributed by atoms with Crippen molar-refractivity contribution in [2.45, 2.75) is 31.6 Å². The molecule has 0 bridgehead atoms. The molecular weight excluding hydrogens is 188 g/mol. The summed E-state index contributed by atoms with van der Waals surface area (Å²) in [6.07, 6.45) is 2.43. The third kappa shape index (κ3) is 3.59. The fourth-order valence-corrected chi connectivity index (χ4v) is 2.02. The van der Waals surface area contributed by atoms with Crippen molar-refractivity contribution in [3.8, 4) is 0 Å². The van der Waals surface area contributed by atoms with E-state index in [1.807, 2.05) is 5.41 Å². The lowest BCUT2D eigenvalue weighted by Crippen LogP contribution is -1.93. The summed E-state index contributed by atoms with van der Waals surface area (Å²) in [5, 5.41) is 1.90. The Morgan fingerprint density at radius 1 is 1.36 bits per heavy atom. The number of thioether (sulfide) groups is 1. The zero-order valence-electron chi connectivity index (χ0n) is 8.99. The van der Waals surface area contributed by atoms with Crippen molar-refractivity contribution in [3.63, 3.8) is 0 Å². The zero-order valence-corrected chi connectivity index (χ0v) is 9.81. The third-order valence-electron chi connectivity index (χ3n) is 2.17. The Bertz CT molecular complexity index is 289. The molecule has 0 aromatic heterocycles. The predicted octanol–water partition coefficient (Wildman–Crippen LogP) is 4.51. The molecule has 0 amide bonds. The van der Waals surface area contributed by atoms with Gasteiger partial charge in [0.05, 0.1) is 0 Å². The van der Waals surface area contributed by atoms with E-state index >= 15 is 0 Å². The zero-order chi connectivity index (χ0) is 10.4. The Labute approximate surface area is 91.4 Å². The molecule has 1 heteroatoms. The first kappa shape index (κ1) is 11.4. The van der Waals surface area contributed by atoms with Gasteiger partial charge in [-0.25, -0.2) is 0 Å². The summed E-state index contributed by atoms with van der Waals surface area (Å²) >= 11 is 1.72. The lowest BCUT2D eigenvalue weighted by atomic mass is 10.0. The smallest absolute Gasteiger partial charge is 0.0148 e. The molecule has 0 aliphatic carbocycles. The molecule has 1 rings (SSSR count). The molecule has 76 valence electrons. The number of hydrogen-bond acceptors (Lipinski definition) is 1. The molecule has 0 saturated heterocycles. The van der Waals surface area contributed by atoms with E-state index in [0.717, 1.165) is 5.92 Å². The second-order valence-electron chi connectivity index (χ2n) is 3.82. The molecule has 0 atom stereocenters. The van der Waals surface area contributed by atoms with E-state index in [4.69, 9.17) is 0 Å². The molecule has 0 heterocycles. The second-order valence-corrected chi connectivity index (χ2v) is 4.83. The van der Waals surface area contributed by atoms with Crippen molar-refractivity contribution in [2.24, 2.45) is 5.92 Å². The van der Waals surface area contributed by atoms with Crippen molar-refractivity contribution in [1.82, 2.24) is 0 Å². The molecule has 1 aromatic carbocycles. The summed E-state index contributed by atoms with van der Waals surface area (Å²) in [4.78, 5) is 1.35. The highest BCUT2D eigenvalue weighted by molar-refractivity contribution is 8.02. The molecule has 0 aliphatic rings. The first-order valence-corrected chi connectivity index (χ1v) is 5.97. The molecular formula is C13H18S. The average molecular weight is 206 g/mol. The topological polar surface area (TPSA) is 0 Å². The average Bonchev–Trinajstić information content (AvgIpc) is 2.17. The summed E-state index contributed by atoms with van der Waals surface area (Å²) in [5.74, 6) is 0.775. The Morgan fingerprint density at radius 3 is 2.71 bits per heavy atom. The predicted molar refractivity (Wildman–Crippen MR) is 65.7 cm³/mol. The molecule has 14 heavy (non-hydrogen) atoms. The van der Waals surface area contributed by atoms with Crippen LogP contribution in [0.15, 0.2) is 41.1 Å². The lowest BCUT2D eigenvalue weighted by molar-refractivity contribution is 0.584. The summed E-state index contributed by atoms with van der Waals surface area (Å²) in [5.41, 5.74) is 1.45. The van der Waals surface area contributed by atoms with E-state index in [9.17, 15) is 0 Å². The fourth-order valence-electron chi connectivity index (χ4n) is 1.36. The van der Waals surface area contributed by atoms with Crippen LogP contribution in [0.25, 0.3) is 0 Å². The van der Waals surface area contributed by atoms with Gasteiger partial charge in [-0.15, -0.1) is 0 Å². The van der Waals surface area contributed by atoms with Crippen LogP contribution in [-0.2, 0) is 6.42 Å². The molecule has 0 spiro atoms. The maximum Gasteiger partial charge on any atom is 0.0148 e. The Morgan fingerprint density at radius 2 is 2.07 bits per heavy atom. The van der Waals surface area contributed by atoms with Crippen LogP contribution in [0.5, 0.6) is 0 Å². The minimum Gasteiger partial charge on any atom is -0.0984 e. The van der Waals surface area contributed by atoms with Crippen LogP contribution in [0.4, 0.5) is 0 Å². The van der Waals surface area contributed by atoms with Crippen molar-refractivity contribution >= 4 is 11.8 Å². The van der Waals surface area contributed by atoms with Crippen LogP contribution in [0, 0.1) is 5.92 Å². The van der Waals surface area contributed by atoms with E-state index in [0.29, 0.717) is 0 Å². The molecule has 0 radical (unpaired) electrons. The van der Waals surface area contributed by atoms with Gasteiger partial charge in [0.15, 0.2) is 0 Å². The SMILES string of the molecule is C=CSc1ccccc1CCC(C)C. The minimum atomic E-state index is 0.775. The van der Waals surface area contributed by atoms with Crippen LogP contribution >= 0.6 is 11.8 Å². The largest absolute Gasteiger partial charge is 0.0984 e. The second kappa shape index (κ2) is 5.92. The monoisotopic (exact) mass is 206 g/mol. The summed E-state index contributed by atoms with van der Waals surface area (Å²) < 4.78 is 0. The van der Waals surface area contributed by atoms with Gasteiger partial charge < -0.3 is 0 Å². The van der Waals surface area contributed by atoms with Gasteiger partial charge in [-0.2, -0.15) is 0 Å². The maximum atomic E-state index is 3.76.